The number of piperidine rings is 1. The van der Waals surface area contributed by atoms with Gasteiger partial charge in [0, 0.05) is 19.7 Å². The molecule has 124 valence electrons. The number of hydrogen-bond acceptors (Lipinski definition) is 5. The monoisotopic (exact) mass is 338 g/mol. The number of amides is 1. The van der Waals surface area contributed by atoms with Gasteiger partial charge in [0.25, 0.3) is 0 Å². The fourth-order valence-electron chi connectivity index (χ4n) is 2.40. The summed E-state index contributed by atoms with van der Waals surface area (Å²) in [6.45, 7) is 2.78. The number of rotatable bonds is 8. The lowest BCUT2D eigenvalue weighted by molar-refractivity contribution is -0.135. The van der Waals surface area contributed by atoms with Crippen molar-refractivity contribution >= 4 is 27.7 Å². The SMILES string of the molecule is CCS(=O)(=O)NC(CCSC)C(=O)N1CCCC(CO)C1. The predicted molar refractivity (Wildman–Crippen MR) is 85.8 cm³/mol. The molecule has 1 fully saturated rings. The summed E-state index contributed by atoms with van der Waals surface area (Å²) in [6, 6.07) is -0.695. The van der Waals surface area contributed by atoms with Crippen LogP contribution in [0.25, 0.3) is 0 Å². The number of nitrogens with one attached hydrogen (secondary N) is 1. The summed E-state index contributed by atoms with van der Waals surface area (Å²) in [5.41, 5.74) is 0. The van der Waals surface area contributed by atoms with Crippen molar-refractivity contribution in [1.82, 2.24) is 9.62 Å². The summed E-state index contributed by atoms with van der Waals surface area (Å²) in [5, 5.41) is 9.24. The Morgan fingerprint density at radius 3 is 2.81 bits per heavy atom. The molecule has 0 saturated carbocycles. The number of thioether (sulfide) groups is 1. The Hall–Kier alpha value is -0.310. The van der Waals surface area contributed by atoms with Crippen LogP contribution in [-0.4, -0.2) is 67.8 Å². The summed E-state index contributed by atoms with van der Waals surface area (Å²) in [4.78, 5) is 14.3. The average Bonchev–Trinajstić information content (AvgIpc) is 2.50. The van der Waals surface area contributed by atoms with Crippen LogP contribution in [0.15, 0.2) is 0 Å². The molecule has 0 aromatic rings. The van der Waals surface area contributed by atoms with E-state index >= 15 is 0 Å². The van der Waals surface area contributed by atoms with E-state index in [-0.39, 0.29) is 24.2 Å². The smallest absolute Gasteiger partial charge is 0.240 e. The normalized spacial score (nSPS) is 21.3. The number of aliphatic hydroxyl groups is 1. The van der Waals surface area contributed by atoms with Crippen molar-refractivity contribution in [2.24, 2.45) is 5.92 Å². The van der Waals surface area contributed by atoms with E-state index in [2.05, 4.69) is 4.72 Å². The van der Waals surface area contributed by atoms with Gasteiger partial charge >= 0.3 is 0 Å². The number of sulfonamides is 1. The van der Waals surface area contributed by atoms with Crippen molar-refractivity contribution in [1.29, 1.82) is 0 Å². The van der Waals surface area contributed by atoms with E-state index in [4.69, 9.17) is 0 Å². The van der Waals surface area contributed by atoms with Gasteiger partial charge in [-0.05, 0) is 44.1 Å². The van der Waals surface area contributed by atoms with Gasteiger partial charge in [-0.25, -0.2) is 13.1 Å². The van der Waals surface area contributed by atoms with Crippen molar-refractivity contribution in [3.8, 4) is 0 Å². The first-order chi connectivity index (χ1) is 9.93. The Kier molecular flexibility index (Phi) is 8.00. The van der Waals surface area contributed by atoms with Gasteiger partial charge in [-0.3, -0.25) is 4.79 Å². The van der Waals surface area contributed by atoms with Gasteiger partial charge < -0.3 is 10.0 Å². The molecule has 0 aromatic heterocycles. The zero-order valence-electron chi connectivity index (χ0n) is 12.7. The summed E-state index contributed by atoms with van der Waals surface area (Å²) in [5.74, 6) is 0.626. The van der Waals surface area contributed by atoms with E-state index in [0.717, 1.165) is 18.6 Å². The molecule has 21 heavy (non-hydrogen) atoms. The van der Waals surface area contributed by atoms with Gasteiger partial charge in [0.15, 0.2) is 0 Å². The molecule has 1 heterocycles. The molecule has 0 aromatic carbocycles. The molecular weight excluding hydrogens is 312 g/mol. The first kappa shape index (κ1) is 18.7. The van der Waals surface area contributed by atoms with Crippen molar-refractivity contribution in [2.45, 2.75) is 32.2 Å². The van der Waals surface area contributed by atoms with Crippen molar-refractivity contribution in [3.63, 3.8) is 0 Å². The van der Waals surface area contributed by atoms with Crippen LogP contribution in [0.2, 0.25) is 0 Å². The van der Waals surface area contributed by atoms with Crippen LogP contribution >= 0.6 is 11.8 Å². The minimum Gasteiger partial charge on any atom is -0.396 e. The molecule has 2 atom stereocenters. The minimum absolute atomic E-state index is 0.0324. The van der Waals surface area contributed by atoms with Crippen LogP contribution in [-0.2, 0) is 14.8 Å². The van der Waals surface area contributed by atoms with Crippen molar-refractivity contribution in [2.75, 3.05) is 37.5 Å². The van der Waals surface area contributed by atoms with Gasteiger partial charge in [-0.1, -0.05) is 0 Å². The number of hydrogen-bond donors (Lipinski definition) is 2. The zero-order chi connectivity index (χ0) is 15.9. The van der Waals surface area contributed by atoms with E-state index in [1.807, 2.05) is 6.26 Å². The maximum absolute atomic E-state index is 12.6. The second-order valence-electron chi connectivity index (χ2n) is 5.33. The van der Waals surface area contributed by atoms with Crippen LogP contribution in [0.4, 0.5) is 0 Å². The molecule has 1 aliphatic heterocycles. The highest BCUT2D eigenvalue weighted by molar-refractivity contribution is 7.98. The summed E-state index contributed by atoms with van der Waals surface area (Å²) < 4.78 is 26.0. The third-order valence-corrected chi connectivity index (χ3v) is 5.75. The Morgan fingerprint density at radius 1 is 1.52 bits per heavy atom. The highest BCUT2D eigenvalue weighted by atomic mass is 32.2. The summed E-state index contributed by atoms with van der Waals surface area (Å²) in [7, 11) is -3.41. The predicted octanol–water partition coefficient (Wildman–Crippen LogP) is 0.278. The molecule has 1 saturated heterocycles. The first-order valence-electron chi connectivity index (χ1n) is 7.32. The van der Waals surface area contributed by atoms with Gasteiger partial charge in [0.2, 0.25) is 15.9 Å². The highest BCUT2D eigenvalue weighted by Crippen LogP contribution is 2.17. The maximum Gasteiger partial charge on any atom is 0.240 e. The lowest BCUT2D eigenvalue weighted by atomic mass is 9.98. The topological polar surface area (TPSA) is 86.7 Å². The number of nitrogens with zero attached hydrogens (tertiary/aromatic N) is 1. The van der Waals surface area contributed by atoms with Gasteiger partial charge in [-0.15, -0.1) is 0 Å². The zero-order valence-corrected chi connectivity index (χ0v) is 14.4. The molecule has 0 spiro atoms. The van der Waals surface area contributed by atoms with E-state index in [0.29, 0.717) is 19.5 Å². The quantitative estimate of drug-likeness (QED) is 0.664. The largest absolute Gasteiger partial charge is 0.396 e. The molecule has 6 nitrogen and oxygen atoms in total. The highest BCUT2D eigenvalue weighted by Gasteiger charge is 2.30. The fourth-order valence-corrected chi connectivity index (χ4v) is 3.69. The molecule has 0 radical (unpaired) electrons. The molecule has 8 heteroatoms. The van der Waals surface area contributed by atoms with Crippen LogP contribution < -0.4 is 4.72 Å². The lowest BCUT2D eigenvalue weighted by Gasteiger charge is -2.34. The van der Waals surface area contributed by atoms with Gasteiger partial charge in [0.1, 0.15) is 6.04 Å². The molecule has 1 aliphatic rings. The Labute approximate surface area is 131 Å². The maximum atomic E-state index is 12.6. The molecule has 2 unspecified atom stereocenters. The third kappa shape index (κ3) is 6.14. The van der Waals surface area contributed by atoms with Crippen LogP contribution in [0, 0.1) is 5.92 Å². The summed E-state index contributed by atoms with van der Waals surface area (Å²) in [6.07, 6.45) is 4.18. The number of carbonyl (C=O) groups excluding carboxylic acids is 1. The van der Waals surface area contributed by atoms with E-state index in [1.165, 1.54) is 0 Å². The average molecular weight is 338 g/mol. The fraction of sp³-hybridized carbons (Fsp3) is 0.923. The molecule has 0 aliphatic carbocycles. The van der Waals surface area contributed by atoms with Crippen LogP contribution in [0.5, 0.6) is 0 Å². The van der Waals surface area contributed by atoms with E-state index < -0.39 is 16.1 Å². The number of likely N-dealkylation sites (tertiary alicyclic amines) is 1. The molecule has 1 rings (SSSR count). The van der Waals surface area contributed by atoms with E-state index in [1.54, 1.807) is 23.6 Å². The Bertz CT molecular complexity index is 428. The van der Waals surface area contributed by atoms with Gasteiger partial charge in [0.05, 0.1) is 5.75 Å². The molecule has 1 amide bonds. The van der Waals surface area contributed by atoms with Crippen molar-refractivity contribution in [3.05, 3.63) is 0 Å². The molecule has 2 N–H and O–H groups in total. The summed E-state index contributed by atoms with van der Waals surface area (Å²) >= 11 is 1.59. The first-order valence-corrected chi connectivity index (χ1v) is 10.4. The Balaban J connectivity index is 2.74. The third-order valence-electron chi connectivity index (χ3n) is 3.70. The number of aliphatic hydroxyl groups excluding tert-OH is 1. The van der Waals surface area contributed by atoms with Crippen LogP contribution in [0.3, 0.4) is 0 Å². The second kappa shape index (κ2) is 8.97. The van der Waals surface area contributed by atoms with Gasteiger partial charge in [-0.2, -0.15) is 11.8 Å². The second-order valence-corrected chi connectivity index (χ2v) is 8.36. The Morgan fingerprint density at radius 2 is 2.24 bits per heavy atom. The minimum atomic E-state index is -3.41. The number of carbonyl (C=O) groups is 1. The van der Waals surface area contributed by atoms with E-state index in [9.17, 15) is 18.3 Å². The van der Waals surface area contributed by atoms with Crippen LogP contribution in [0.1, 0.15) is 26.2 Å². The lowest BCUT2D eigenvalue weighted by Crippen LogP contribution is -2.52. The molecule has 0 bridgehead atoms. The standard InChI is InChI=1S/C13H26N2O4S2/c1-3-21(18,19)14-12(6-8-20-2)13(17)15-7-4-5-11(9-15)10-16/h11-12,14,16H,3-10H2,1-2H3. The van der Waals surface area contributed by atoms with Crippen molar-refractivity contribution < 1.29 is 18.3 Å². The molecular formula is C13H26N2O4S2.